The highest BCUT2D eigenvalue weighted by molar-refractivity contribution is 8.00. The van der Waals surface area contributed by atoms with Crippen molar-refractivity contribution in [1.82, 2.24) is 14.9 Å². The summed E-state index contributed by atoms with van der Waals surface area (Å²) in [5, 5.41) is 4.02. The molecule has 4 nitrogen and oxygen atoms in total. The van der Waals surface area contributed by atoms with Gasteiger partial charge in [-0.3, -0.25) is 4.79 Å². The first-order valence-corrected chi connectivity index (χ1v) is 10.2. The summed E-state index contributed by atoms with van der Waals surface area (Å²) < 4.78 is 2.40. The molecule has 1 aliphatic rings. The lowest BCUT2D eigenvalue weighted by molar-refractivity contribution is -0.121. The van der Waals surface area contributed by atoms with Gasteiger partial charge in [-0.2, -0.15) is 0 Å². The minimum absolute atomic E-state index is 0.0975. The van der Waals surface area contributed by atoms with Crippen LogP contribution in [0.2, 0.25) is 0 Å². The van der Waals surface area contributed by atoms with Crippen LogP contribution in [-0.4, -0.2) is 26.2 Å². The van der Waals surface area contributed by atoms with Crippen LogP contribution in [0.15, 0.2) is 5.16 Å². The van der Waals surface area contributed by atoms with Crippen molar-refractivity contribution in [2.45, 2.75) is 102 Å². The van der Waals surface area contributed by atoms with Crippen LogP contribution in [0.4, 0.5) is 0 Å². The monoisotopic (exact) mass is 351 g/mol. The van der Waals surface area contributed by atoms with Crippen molar-refractivity contribution in [3.05, 3.63) is 11.4 Å². The minimum atomic E-state index is -0.156. The molecule has 0 bridgehead atoms. The smallest absolute Gasteiger partial charge is 0.233 e. The molecule has 1 aliphatic carbocycles. The number of amides is 1. The molecular weight excluding hydrogens is 318 g/mol. The highest BCUT2D eigenvalue weighted by Crippen LogP contribution is 2.35. The molecule has 0 radical (unpaired) electrons. The van der Waals surface area contributed by atoms with Crippen molar-refractivity contribution >= 4 is 17.7 Å². The van der Waals surface area contributed by atoms with Gasteiger partial charge in [0.2, 0.25) is 5.91 Å². The van der Waals surface area contributed by atoms with E-state index in [-0.39, 0.29) is 16.7 Å². The summed E-state index contributed by atoms with van der Waals surface area (Å²) in [5.41, 5.74) is 2.19. The van der Waals surface area contributed by atoms with Crippen LogP contribution in [0.1, 0.15) is 83.6 Å². The molecule has 1 unspecified atom stereocenters. The van der Waals surface area contributed by atoms with Gasteiger partial charge in [-0.05, 0) is 53.9 Å². The van der Waals surface area contributed by atoms with E-state index in [4.69, 9.17) is 4.98 Å². The molecule has 5 heteroatoms. The zero-order valence-electron chi connectivity index (χ0n) is 16.1. The maximum absolute atomic E-state index is 12.5. The van der Waals surface area contributed by atoms with Gasteiger partial charge in [0.05, 0.1) is 10.9 Å². The Morgan fingerprint density at radius 1 is 1.33 bits per heavy atom. The van der Waals surface area contributed by atoms with Crippen molar-refractivity contribution in [2.75, 3.05) is 0 Å². The summed E-state index contributed by atoms with van der Waals surface area (Å²) in [6.07, 6.45) is 7.32. The molecule has 1 atom stereocenters. The first-order valence-electron chi connectivity index (χ1n) is 9.29. The van der Waals surface area contributed by atoms with E-state index < -0.39 is 0 Å². The third kappa shape index (κ3) is 4.56. The molecule has 1 fully saturated rings. The minimum Gasteiger partial charge on any atom is -0.350 e. The number of hydrogen-bond donors (Lipinski definition) is 1. The lowest BCUT2D eigenvalue weighted by atomic mass is 9.95. The van der Waals surface area contributed by atoms with Crippen LogP contribution in [0, 0.1) is 13.8 Å². The topological polar surface area (TPSA) is 46.9 Å². The maximum atomic E-state index is 12.5. The number of imidazole rings is 1. The number of carbonyl (C=O) groups excluding carboxylic acids is 1. The van der Waals surface area contributed by atoms with Crippen molar-refractivity contribution in [3.63, 3.8) is 0 Å². The number of nitrogens with one attached hydrogen (secondary N) is 1. The Morgan fingerprint density at radius 3 is 2.54 bits per heavy atom. The van der Waals surface area contributed by atoms with E-state index in [9.17, 15) is 4.79 Å². The Labute approximate surface area is 151 Å². The second kappa shape index (κ2) is 7.94. The molecule has 1 saturated carbocycles. The Kier molecular flexibility index (Phi) is 6.40. The van der Waals surface area contributed by atoms with E-state index in [0.717, 1.165) is 17.3 Å². The molecule has 136 valence electrons. The number of nitrogens with zero attached hydrogens (tertiary/aromatic N) is 2. The maximum Gasteiger partial charge on any atom is 0.233 e. The van der Waals surface area contributed by atoms with Crippen LogP contribution < -0.4 is 5.32 Å². The average Bonchev–Trinajstić information content (AvgIpc) is 2.82. The number of hydrogen-bond acceptors (Lipinski definition) is 3. The largest absolute Gasteiger partial charge is 0.350 e. The highest BCUT2D eigenvalue weighted by Gasteiger charge is 2.27. The highest BCUT2D eigenvalue weighted by atomic mass is 32.2. The quantitative estimate of drug-likeness (QED) is 0.750. The molecule has 2 rings (SSSR count). The summed E-state index contributed by atoms with van der Waals surface area (Å²) in [6.45, 7) is 12.4. The van der Waals surface area contributed by atoms with Crippen LogP contribution in [0.5, 0.6) is 0 Å². The Balaban J connectivity index is 2.14. The van der Waals surface area contributed by atoms with Gasteiger partial charge in [0.15, 0.2) is 5.16 Å². The second-order valence-electron chi connectivity index (χ2n) is 7.71. The molecule has 1 aromatic rings. The van der Waals surface area contributed by atoms with Gasteiger partial charge in [0.25, 0.3) is 0 Å². The standard InChI is InChI=1S/C19H33N3OS/c1-7-19(5,6)21-17(23)15(4)24-18-20-13(2)14(3)22(18)16-11-9-8-10-12-16/h15-16H,7-12H2,1-6H3,(H,21,23). The Morgan fingerprint density at radius 2 is 1.96 bits per heavy atom. The molecule has 0 aromatic carbocycles. The number of thioether (sulfide) groups is 1. The van der Waals surface area contributed by atoms with Crippen molar-refractivity contribution in [1.29, 1.82) is 0 Å². The van der Waals surface area contributed by atoms with E-state index in [1.807, 2.05) is 6.92 Å². The third-order valence-corrected chi connectivity index (χ3v) is 6.36. The molecule has 24 heavy (non-hydrogen) atoms. The average molecular weight is 352 g/mol. The molecular formula is C19H33N3OS. The first-order chi connectivity index (χ1) is 11.2. The summed E-state index contributed by atoms with van der Waals surface area (Å²) in [6, 6.07) is 0.546. The number of aryl methyl sites for hydroxylation is 1. The molecule has 0 saturated heterocycles. The predicted molar refractivity (Wildman–Crippen MR) is 102 cm³/mol. The van der Waals surface area contributed by atoms with Crippen molar-refractivity contribution < 1.29 is 4.79 Å². The van der Waals surface area contributed by atoms with Crippen molar-refractivity contribution in [2.24, 2.45) is 0 Å². The summed E-state index contributed by atoms with van der Waals surface area (Å²) in [7, 11) is 0. The van der Waals surface area contributed by atoms with E-state index in [1.54, 1.807) is 11.8 Å². The SMILES string of the molecule is CCC(C)(C)NC(=O)C(C)Sc1nc(C)c(C)n1C1CCCCC1. The van der Waals surface area contributed by atoms with Crippen LogP contribution in [0.25, 0.3) is 0 Å². The zero-order valence-corrected chi connectivity index (χ0v) is 16.9. The summed E-state index contributed by atoms with van der Waals surface area (Å²) in [4.78, 5) is 17.3. The fourth-order valence-electron chi connectivity index (χ4n) is 3.18. The lowest BCUT2D eigenvalue weighted by Gasteiger charge is -2.28. The fraction of sp³-hybridized carbons (Fsp3) is 0.789. The molecule has 1 amide bonds. The van der Waals surface area contributed by atoms with Gasteiger partial charge in [0, 0.05) is 17.3 Å². The summed E-state index contributed by atoms with van der Waals surface area (Å²) >= 11 is 1.60. The molecule has 1 heterocycles. The predicted octanol–water partition coefficient (Wildman–Crippen LogP) is 4.79. The second-order valence-corrected chi connectivity index (χ2v) is 9.02. The van der Waals surface area contributed by atoms with Gasteiger partial charge in [-0.25, -0.2) is 4.98 Å². The third-order valence-electron chi connectivity index (χ3n) is 5.29. The number of aromatic nitrogens is 2. The Hall–Kier alpha value is -0.970. The fourth-order valence-corrected chi connectivity index (χ4v) is 4.25. The van der Waals surface area contributed by atoms with E-state index in [2.05, 4.69) is 44.5 Å². The van der Waals surface area contributed by atoms with Gasteiger partial charge in [0.1, 0.15) is 0 Å². The zero-order chi connectivity index (χ0) is 17.9. The van der Waals surface area contributed by atoms with Gasteiger partial charge in [-0.15, -0.1) is 0 Å². The van der Waals surface area contributed by atoms with Crippen LogP contribution in [-0.2, 0) is 4.79 Å². The van der Waals surface area contributed by atoms with E-state index in [0.29, 0.717) is 6.04 Å². The number of rotatable bonds is 6. The summed E-state index contributed by atoms with van der Waals surface area (Å²) in [5.74, 6) is 0.0975. The van der Waals surface area contributed by atoms with Gasteiger partial charge < -0.3 is 9.88 Å². The molecule has 0 aliphatic heterocycles. The molecule has 1 aromatic heterocycles. The van der Waals surface area contributed by atoms with E-state index >= 15 is 0 Å². The number of carbonyl (C=O) groups is 1. The van der Waals surface area contributed by atoms with Gasteiger partial charge in [-0.1, -0.05) is 37.9 Å². The Bertz CT molecular complexity index is 573. The van der Waals surface area contributed by atoms with E-state index in [1.165, 1.54) is 37.8 Å². The van der Waals surface area contributed by atoms with Gasteiger partial charge >= 0.3 is 0 Å². The molecule has 1 N–H and O–H groups in total. The first kappa shape index (κ1) is 19.4. The normalized spacial score (nSPS) is 17.8. The van der Waals surface area contributed by atoms with Crippen LogP contribution >= 0.6 is 11.8 Å². The van der Waals surface area contributed by atoms with Crippen molar-refractivity contribution in [3.8, 4) is 0 Å². The molecule has 0 spiro atoms. The lowest BCUT2D eigenvalue weighted by Crippen LogP contribution is -2.46. The van der Waals surface area contributed by atoms with Crippen LogP contribution in [0.3, 0.4) is 0 Å².